The molecule has 0 aliphatic carbocycles. The number of aliphatic hydroxyl groups excluding tert-OH is 1. The van der Waals surface area contributed by atoms with E-state index in [0.717, 1.165) is 24.1 Å². The van der Waals surface area contributed by atoms with Crippen LogP contribution in [0.5, 0.6) is 0 Å². The van der Waals surface area contributed by atoms with E-state index < -0.39 is 6.10 Å². The van der Waals surface area contributed by atoms with Gasteiger partial charge < -0.3 is 22.0 Å². The lowest BCUT2D eigenvalue weighted by Crippen LogP contribution is -3.00. The molecule has 0 aliphatic heterocycles. The third-order valence-electron chi connectivity index (χ3n) is 2.81. The van der Waals surface area contributed by atoms with E-state index in [1.54, 1.807) is 6.92 Å². The standard InChI is InChI=1S/C9H21ClNO.ClH/c1-5-11(6-2,7-3)9(10)8(4)12;/h8-9,12H,5-7H2,1-4H3;1H/q+1;/p-1. The molecule has 1 N–H and O–H groups in total. The second kappa shape index (κ2) is 6.88. The van der Waals surface area contributed by atoms with Crippen LogP contribution in [0.1, 0.15) is 27.7 Å². The monoisotopic (exact) mass is 229 g/mol. The molecule has 0 saturated heterocycles. The van der Waals surface area contributed by atoms with Crippen LogP contribution in [0, 0.1) is 0 Å². The summed E-state index contributed by atoms with van der Waals surface area (Å²) >= 11 is 6.16. The maximum absolute atomic E-state index is 9.40. The van der Waals surface area contributed by atoms with Crippen molar-refractivity contribution in [3.63, 3.8) is 0 Å². The van der Waals surface area contributed by atoms with Crippen molar-refractivity contribution in [3.8, 4) is 0 Å². The Bertz CT molecular complexity index is 119. The molecule has 0 amide bonds. The summed E-state index contributed by atoms with van der Waals surface area (Å²) in [6, 6.07) is 0. The summed E-state index contributed by atoms with van der Waals surface area (Å²) in [7, 11) is 0. The Morgan fingerprint density at radius 2 is 1.46 bits per heavy atom. The smallest absolute Gasteiger partial charge is 0.190 e. The van der Waals surface area contributed by atoms with Gasteiger partial charge in [-0.25, -0.2) is 0 Å². The minimum atomic E-state index is -0.438. The van der Waals surface area contributed by atoms with E-state index in [0.29, 0.717) is 0 Å². The van der Waals surface area contributed by atoms with Crippen molar-refractivity contribution >= 4 is 11.6 Å². The highest BCUT2D eigenvalue weighted by atomic mass is 35.5. The highest BCUT2D eigenvalue weighted by Gasteiger charge is 2.33. The zero-order valence-electron chi connectivity index (χ0n) is 8.93. The summed E-state index contributed by atoms with van der Waals surface area (Å²) in [6.07, 6.45) is -0.438. The van der Waals surface area contributed by atoms with E-state index in [1.807, 2.05) is 0 Å². The van der Waals surface area contributed by atoms with Crippen molar-refractivity contribution in [1.29, 1.82) is 0 Å². The lowest BCUT2D eigenvalue weighted by molar-refractivity contribution is -0.937. The van der Waals surface area contributed by atoms with Crippen LogP contribution < -0.4 is 12.4 Å². The van der Waals surface area contributed by atoms with Gasteiger partial charge in [0.1, 0.15) is 6.10 Å². The molecule has 2 unspecified atom stereocenters. The zero-order valence-corrected chi connectivity index (χ0v) is 10.4. The van der Waals surface area contributed by atoms with Crippen LogP contribution in [0.2, 0.25) is 0 Å². The van der Waals surface area contributed by atoms with Crippen LogP contribution >= 0.6 is 11.6 Å². The molecule has 82 valence electrons. The average molecular weight is 230 g/mol. The highest BCUT2D eigenvalue weighted by molar-refractivity contribution is 6.19. The molecular weight excluding hydrogens is 209 g/mol. The molecule has 0 aromatic carbocycles. The molecule has 0 fully saturated rings. The predicted octanol–water partition coefficient (Wildman–Crippen LogP) is -1.19. The van der Waals surface area contributed by atoms with E-state index in [4.69, 9.17) is 11.6 Å². The number of likely N-dealkylation sites (N-methyl/N-ethyl adjacent to an activating group) is 1. The summed E-state index contributed by atoms with van der Waals surface area (Å²) in [5, 5.41) is 9.40. The van der Waals surface area contributed by atoms with Gasteiger partial charge in [-0.3, -0.25) is 0 Å². The molecule has 4 heteroatoms. The summed E-state index contributed by atoms with van der Waals surface area (Å²) in [4.78, 5) is 0. The number of alkyl halides is 1. The number of halogens is 2. The molecule has 0 aliphatic rings. The second-order valence-electron chi connectivity index (χ2n) is 3.28. The van der Waals surface area contributed by atoms with Gasteiger partial charge in [0.15, 0.2) is 5.50 Å². The van der Waals surface area contributed by atoms with Crippen LogP contribution in [0.3, 0.4) is 0 Å². The van der Waals surface area contributed by atoms with Gasteiger partial charge >= 0.3 is 0 Å². The fourth-order valence-electron chi connectivity index (χ4n) is 1.65. The molecule has 2 nitrogen and oxygen atoms in total. The predicted molar refractivity (Wildman–Crippen MR) is 53.2 cm³/mol. The number of hydrogen-bond acceptors (Lipinski definition) is 1. The van der Waals surface area contributed by atoms with Crippen LogP contribution in [0.4, 0.5) is 0 Å². The maximum Gasteiger partial charge on any atom is 0.190 e. The van der Waals surface area contributed by atoms with Gasteiger partial charge in [0.25, 0.3) is 0 Å². The van der Waals surface area contributed by atoms with Gasteiger partial charge in [0.05, 0.1) is 19.6 Å². The van der Waals surface area contributed by atoms with Gasteiger partial charge in [0.2, 0.25) is 0 Å². The lowest BCUT2D eigenvalue weighted by atomic mass is 10.2. The van der Waals surface area contributed by atoms with Crippen LogP contribution in [-0.4, -0.2) is 40.8 Å². The first kappa shape index (κ1) is 15.9. The van der Waals surface area contributed by atoms with E-state index in [9.17, 15) is 5.11 Å². The molecule has 0 aromatic heterocycles. The SMILES string of the molecule is CC[N+](CC)(CC)C(Cl)C(C)O.[Cl-]. The molecule has 0 bridgehead atoms. The van der Waals surface area contributed by atoms with E-state index in [-0.39, 0.29) is 17.9 Å². The molecule has 0 aromatic rings. The molecule has 0 heterocycles. The lowest BCUT2D eigenvalue weighted by Gasteiger charge is -2.40. The second-order valence-corrected chi connectivity index (χ2v) is 3.73. The van der Waals surface area contributed by atoms with Gasteiger partial charge in [-0.15, -0.1) is 0 Å². The van der Waals surface area contributed by atoms with Crippen molar-refractivity contribution in [1.82, 2.24) is 0 Å². The fourth-order valence-corrected chi connectivity index (χ4v) is 2.07. The molecule has 2 atom stereocenters. The summed E-state index contributed by atoms with van der Waals surface area (Å²) in [5.41, 5.74) is -0.176. The Morgan fingerprint density at radius 3 is 1.54 bits per heavy atom. The van der Waals surface area contributed by atoms with Crippen molar-refractivity contribution in [2.45, 2.75) is 39.3 Å². The van der Waals surface area contributed by atoms with Gasteiger partial charge in [-0.05, 0) is 27.7 Å². The van der Waals surface area contributed by atoms with Crippen molar-refractivity contribution in [3.05, 3.63) is 0 Å². The zero-order chi connectivity index (χ0) is 9.78. The van der Waals surface area contributed by atoms with Crippen molar-refractivity contribution in [2.75, 3.05) is 19.6 Å². The third-order valence-corrected chi connectivity index (χ3v) is 3.59. The van der Waals surface area contributed by atoms with Crippen molar-refractivity contribution < 1.29 is 22.0 Å². The van der Waals surface area contributed by atoms with E-state index >= 15 is 0 Å². The normalized spacial score (nSPS) is 16.2. The summed E-state index contributed by atoms with van der Waals surface area (Å²) < 4.78 is 0.791. The molecule has 0 rings (SSSR count). The third kappa shape index (κ3) is 3.62. The Balaban J connectivity index is 0. The van der Waals surface area contributed by atoms with Crippen molar-refractivity contribution in [2.24, 2.45) is 0 Å². The van der Waals surface area contributed by atoms with E-state index in [2.05, 4.69) is 20.8 Å². The quantitative estimate of drug-likeness (QED) is 0.358. The topological polar surface area (TPSA) is 20.2 Å². The van der Waals surface area contributed by atoms with Crippen LogP contribution in [0.15, 0.2) is 0 Å². The largest absolute Gasteiger partial charge is 1.00 e. The number of rotatable bonds is 5. The minimum absolute atomic E-state index is 0. The maximum atomic E-state index is 9.40. The number of aliphatic hydroxyl groups is 1. The van der Waals surface area contributed by atoms with E-state index in [1.165, 1.54) is 0 Å². The Morgan fingerprint density at radius 1 is 1.15 bits per heavy atom. The van der Waals surface area contributed by atoms with Crippen LogP contribution in [0.25, 0.3) is 0 Å². The number of nitrogens with zero attached hydrogens (tertiary/aromatic N) is 1. The molecule has 0 radical (unpaired) electrons. The first-order chi connectivity index (χ1) is 5.54. The fraction of sp³-hybridized carbons (Fsp3) is 1.00. The molecular formula is C9H21Cl2NO. The average Bonchev–Trinajstić information content (AvgIpc) is 2.08. The number of hydrogen-bond donors (Lipinski definition) is 1. The van der Waals surface area contributed by atoms with Gasteiger partial charge in [-0.1, -0.05) is 11.6 Å². The number of quaternary nitrogens is 1. The van der Waals surface area contributed by atoms with Gasteiger partial charge in [0, 0.05) is 0 Å². The van der Waals surface area contributed by atoms with Crippen LogP contribution in [-0.2, 0) is 0 Å². The van der Waals surface area contributed by atoms with Gasteiger partial charge in [-0.2, -0.15) is 0 Å². The highest BCUT2D eigenvalue weighted by Crippen LogP contribution is 2.19. The first-order valence-corrected chi connectivity index (χ1v) is 5.15. The molecule has 0 spiro atoms. The molecule has 0 saturated carbocycles. The first-order valence-electron chi connectivity index (χ1n) is 4.72. The summed E-state index contributed by atoms with van der Waals surface area (Å²) in [5.74, 6) is 0. The Labute approximate surface area is 92.9 Å². The Kier molecular flexibility index (Phi) is 8.44. The molecule has 13 heavy (non-hydrogen) atoms. The minimum Gasteiger partial charge on any atom is -1.00 e. The summed E-state index contributed by atoms with van der Waals surface area (Å²) in [6.45, 7) is 11.0. The Hall–Kier alpha value is 0.500.